The van der Waals surface area contributed by atoms with Crippen molar-refractivity contribution in [2.24, 2.45) is 5.73 Å². The second kappa shape index (κ2) is 6.77. The molecule has 0 aromatic heterocycles. The minimum Gasteiger partial charge on any atom is -0.459 e. The lowest BCUT2D eigenvalue weighted by Crippen LogP contribution is -2.55. The van der Waals surface area contributed by atoms with E-state index in [1.54, 1.807) is 0 Å². The average molecular weight is 304 g/mol. The molecule has 5 heteroatoms. The monoisotopic (exact) mass is 304 g/mol. The normalized spacial score (nSPS) is 27.0. The third-order valence-electron chi connectivity index (χ3n) is 4.52. The van der Waals surface area contributed by atoms with Gasteiger partial charge in [-0.2, -0.15) is 0 Å². The Bertz CT molecular complexity index is 494. The molecule has 1 aromatic rings. The van der Waals surface area contributed by atoms with Crippen LogP contribution in [0.4, 0.5) is 0 Å². The number of ether oxygens (including phenoxy) is 2. The van der Waals surface area contributed by atoms with Crippen LogP contribution in [-0.4, -0.2) is 36.8 Å². The largest absolute Gasteiger partial charge is 0.459 e. The molecule has 1 aliphatic heterocycles. The van der Waals surface area contributed by atoms with Crippen molar-refractivity contribution in [1.29, 1.82) is 0 Å². The van der Waals surface area contributed by atoms with E-state index in [4.69, 9.17) is 15.2 Å². The molecule has 1 aromatic carbocycles. The molecule has 0 atom stereocenters. The van der Waals surface area contributed by atoms with E-state index in [1.165, 1.54) is 0 Å². The molecule has 0 unspecified atom stereocenters. The van der Waals surface area contributed by atoms with Crippen LogP contribution in [0.5, 0.6) is 0 Å². The lowest BCUT2D eigenvalue weighted by atomic mass is 9.86. The highest BCUT2D eigenvalue weighted by molar-refractivity contribution is 5.80. The Morgan fingerprint density at radius 1 is 1.23 bits per heavy atom. The van der Waals surface area contributed by atoms with Crippen LogP contribution >= 0.6 is 0 Å². The lowest BCUT2D eigenvalue weighted by Gasteiger charge is -2.42. The Kier molecular flexibility index (Phi) is 4.76. The zero-order chi connectivity index (χ0) is 15.4. The van der Waals surface area contributed by atoms with Crippen LogP contribution < -0.4 is 11.1 Å². The van der Waals surface area contributed by atoms with Crippen molar-refractivity contribution in [3.05, 3.63) is 35.9 Å². The van der Waals surface area contributed by atoms with Gasteiger partial charge in [0, 0.05) is 6.04 Å². The quantitative estimate of drug-likeness (QED) is 0.804. The summed E-state index contributed by atoms with van der Waals surface area (Å²) in [5, 5.41) is 3.27. The number of carbonyl (C=O) groups excluding carboxylic acids is 1. The number of benzene rings is 1. The van der Waals surface area contributed by atoms with Crippen molar-refractivity contribution in [2.75, 3.05) is 13.1 Å². The summed E-state index contributed by atoms with van der Waals surface area (Å²) in [5.74, 6) is -0.238. The van der Waals surface area contributed by atoms with Crippen molar-refractivity contribution in [3.63, 3.8) is 0 Å². The first-order valence-electron chi connectivity index (χ1n) is 8.03. The molecule has 1 aliphatic carbocycles. The van der Waals surface area contributed by atoms with E-state index < -0.39 is 5.60 Å². The first-order chi connectivity index (χ1) is 10.7. The highest BCUT2D eigenvalue weighted by atomic mass is 16.6. The summed E-state index contributed by atoms with van der Waals surface area (Å²) in [4.78, 5) is 12.6. The molecule has 1 heterocycles. The summed E-state index contributed by atoms with van der Waals surface area (Å²) in [6, 6.07) is 9.94. The molecule has 0 amide bonds. The molecule has 0 spiro atoms. The highest BCUT2D eigenvalue weighted by Gasteiger charge is 2.46. The minimum atomic E-state index is -0.801. The summed E-state index contributed by atoms with van der Waals surface area (Å²) < 4.78 is 11.7. The maximum absolute atomic E-state index is 12.6. The van der Waals surface area contributed by atoms with Crippen molar-refractivity contribution in [3.8, 4) is 0 Å². The number of nitrogens with two attached hydrogens (primary N) is 1. The molecule has 120 valence electrons. The third-order valence-corrected chi connectivity index (χ3v) is 4.52. The molecule has 2 fully saturated rings. The van der Waals surface area contributed by atoms with Gasteiger partial charge in [0.05, 0.1) is 6.10 Å². The van der Waals surface area contributed by atoms with Crippen molar-refractivity contribution >= 4 is 5.97 Å². The molecular formula is C17H24N2O3. The Morgan fingerprint density at radius 3 is 2.55 bits per heavy atom. The van der Waals surface area contributed by atoms with Crippen LogP contribution in [0, 0.1) is 0 Å². The van der Waals surface area contributed by atoms with Gasteiger partial charge in [0.1, 0.15) is 6.61 Å². The van der Waals surface area contributed by atoms with E-state index in [0.717, 1.165) is 31.5 Å². The fraction of sp³-hybridized carbons (Fsp3) is 0.588. The van der Waals surface area contributed by atoms with Crippen LogP contribution in [0.25, 0.3) is 0 Å². The van der Waals surface area contributed by atoms with Crippen molar-refractivity contribution in [2.45, 2.75) is 50.0 Å². The average Bonchev–Trinajstić information content (AvgIpc) is 2.53. The lowest BCUT2D eigenvalue weighted by molar-refractivity contribution is -0.194. The Labute approximate surface area is 131 Å². The first-order valence-corrected chi connectivity index (χ1v) is 8.03. The maximum Gasteiger partial charge on any atom is 0.338 e. The molecule has 3 rings (SSSR count). The minimum absolute atomic E-state index is 0.0948. The second-order valence-electron chi connectivity index (χ2n) is 6.28. The molecule has 5 nitrogen and oxygen atoms in total. The molecule has 1 saturated heterocycles. The smallest absolute Gasteiger partial charge is 0.338 e. The van der Waals surface area contributed by atoms with Gasteiger partial charge in [-0.3, -0.25) is 0 Å². The van der Waals surface area contributed by atoms with E-state index in [-0.39, 0.29) is 18.1 Å². The number of esters is 1. The van der Waals surface area contributed by atoms with E-state index in [9.17, 15) is 4.79 Å². The van der Waals surface area contributed by atoms with Gasteiger partial charge in [0.2, 0.25) is 0 Å². The van der Waals surface area contributed by atoms with E-state index in [0.29, 0.717) is 19.4 Å². The summed E-state index contributed by atoms with van der Waals surface area (Å²) in [6.45, 7) is 1.85. The van der Waals surface area contributed by atoms with Gasteiger partial charge >= 0.3 is 5.97 Å². The predicted octanol–water partition coefficient (Wildman–Crippen LogP) is 1.36. The SMILES string of the molecule is NC1CC(OC2(C(=O)OCc3ccccc3)CCNCC2)C1. The standard InChI is InChI=1S/C17H24N2O3/c18-14-10-15(11-14)22-17(6-8-19-9-7-17)16(20)21-12-13-4-2-1-3-5-13/h1-5,14-15,19H,6-12,18H2. The topological polar surface area (TPSA) is 73.6 Å². The molecule has 0 radical (unpaired) electrons. The van der Waals surface area contributed by atoms with Gasteiger partial charge < -0.3 is 20.5 Å². The summed E-state index contributed by atoms with van der Waals surface area (Å²) >= 11 is 0. The zero-order valence-corrected chi connectivity index (χ0v) is 12.8. The van der Waals surface area contributed by atoms with Crippen molar-refractivity contribution < 1.29 is 14.3 Å². The van der Waals surface area contributed by atoms with E-state index in [2.05, 4.69) is 5.32 Å². The molecule has 22 heavy (non-hydrogen) atoms. The number of hydrogen-bond donors (Lipinski definition) is 2. The van der Waals surface area contributed by atoms with Crippen LogP contribution in [0.1, 0.15) is 31.2 Å². The molecule has 0 bridgehead atoms. The number of rotatable bonds is 5. The Hall–Kier alpha value is -1.43. The van der Waals surface area contributed by atoms with Gasteiger partial charge in [-0.25, -0.2) is 4.79 Å². The summed E-state index contributed by atoms with van der Waals surface area (Å²) in [6.07, 6.45) is 3.08. The molecular weight excluding hydrogens is 280 g/mol. The number of nitrogens with one attached hydrogen (secondary N) is 1. The van der Waals surface area contributed by atoms with Crippen LogP contribution in [0.2, 0.25) is 0 Å². The Balaban J connectivity index is 1.61. The summed E-state index contributed by atoms with van der Waals surface area (Å²) in [5.41, 5.74) is 6.01. The number of carbonyl (C=O) groups is 1. The van der Waals surface area contributed by atoms with E-state index >= 15 is 0 Å². The van der Waals surface area contributed by atoms with Gasteiger partial charge in [0.25, 0.3) is 0 Å². The zero-order valence-electron chi connectivity index (χ0n) is 12.8. The Morgan fingerprint density at radius 2 is 1.91 bits per heavy atom. The van der Waals surface area contributed by atoms with Gasteiger partial charge in [-0.05, 0) is 44.3 Å². The summed E-state index contributed by atoms with van der Waals surface area (Å²) in [7, 11) is 0. The predicted molar refractivity (Wildman–Crippen MR) is 83.2 cm³/mol. The molecule has 2 aliphatic rings. The first kappa shape index (κ1) is 15.5. The third kappa shape index (κ3) is 3.48. The highest BCUT2D eigenvalue weighted by Crippen LogP contribution is 2.33. The van der Waals surface area contributed by atoms with Crippen molar-refractivity contribution in [1.82, 2.24) is 5.32 Å². The fourth-order valence-corrected chi connectivity index (χ4v) is 3.08. The van der Waals surface area contributed by atoms with Crippen LogP contribution in [0.15, 0.2) is 30.3 Å². The van der Waals surface area contributed by atoms with Crippen LogP contribution in [-0.2, 0) is 20.9 Å². The maximum atomic E-state index is 12.6. The van der Waals surface area contributed by atoms with E-state index in [1.807, 2.05) is 30.3 Å². The molecule has 3 N–H and O–H groups in total. The van der Waals surface area contributed by atoms with Crippen LogP contribution in [0.3, 0.4) is 0 Å². The second-order valence-corrected chi connectivity index (χ2v) is 6.28. The number of hydrogen-bond acceptors (Lipinski definition) is 5. The molecule has 1 saturated carbocycles. The van der Waals surface area contributed by atoms with Gasteiger partial charge in [0.15, 0.2) is 5.60 Å². The number of piperidine rings is 1. The van der Waals surface area contributed by atoms with Gasteiger partial charge in [-0.15, -0.1) is 0 Å². The fourth-order valence-electron chi connectivity index (χ4n) is 3.08. The van der Waals surface area contributed by atoms with Gasteiger partial charge in [-0.1, -0.05) is 30.3 Å².